The molecule has 1 aromatic heterocycles. The topological polar surface area (TPSA) is 97.8 Å². The molecule has 188 valence electrons. The Morgan fingerprint density at radius 2 is 2.00 bits per heavy atom. The summed E-state index contributed by atoms with van der Waals surface area (Å²) in [6, 6.07) is 13.8. The van der Waals surface area contributed by atoms with Crippen molar-refractivity contribution in [3.05, 3.63) is 59.8 Å². The van der Waals surface area contributed by atoms with Crippen molar-refractivity contribution in [3.8, 4) is 17.2 Å². The van der Waals surface area contributed by atoms with E-state index in [1.54, 1.807) is 13.3 Å². The van der Waals surface area contributed by atoms with E-state index < -0.39 is 0 Å². The summed E-state index contributed by atoms with van der Waals surface area (Å²) >= 11 is 0. The first-order valence-electron chi connectivity index (χ1n) is 12.2. The zero-order valence-corrected chi connectivity index (χ0v) is 20.6. The van der Waals surface area contributed by atoms with Crippen LogP contribution in [0.3, 0.4) is 0 Å². The molecule has 3 aromatic rings. The molecule has 0 radical (unpaired) electrons. The minimum atomic E-state index is -0.0855. The average molecular weight is 490 g/mol. The fourth-order valence-electron chi connectivity index (χ4n) is 4.50. The number of methoxy groups -OCH3 is 1. The van der Waals surface area contributed by atoms with E-state index in [4.69, 9.17) is 19.2 Å². The summed E-state index contributed by atoms with van der Waals surface area (Å²) < 4.78 is 16.9. The van der Waals surface area contributed by atoms with Crippen LogP contribution in [0.2, 0.25) is 0 Å². The van der Waals surface area contributed by atoms with Gasteiger partial charge in [-0.15, -0.1) is 0 Å². The van der Waals surface area contributed by atoms with Crippen molar-refractivity contribution in [3.63, 3.8) is 0 Å². The largest absolute Gasteiger partial charge is 0.493 e. The molecule has 36 heavy (non-hydrogen) atoms. The molecule has 0 saturated carbocycles. The SMILES string of the molecule is COc1cc(Nc2nccc(N3CCC[C@H](C(=O)NCc4ccc(C)cc4)C3)n2)cc2c1OCCO2. The van der Waals surface area contributed by atoms with Gasteiger partial charge in [0, 0.05) is 43.7 Å². The minimum Gasteiger partial charge on any atom is -0.493 e. The third-order valence-electron chi connectivity index (χ3n) is 6.43. The van der Waals surface area contributed by atoms with Crippen molar-refractivity contribution in [2.75, 3.05) is 43.6 Å². The predicted octanol–water partition coefficient (Wildman–Crippen LogP) is 3.84. The number of ether oxygens (including phenoxy) is 3. The van der Waals surface area contributed by atoms with Gasteiger partial charge in [0.2, 0.25) is 17.6 Å². The van der Waals surface area contributed by atoms with Crippen molar-refractivity contribution in [2.45, 2.75) is 26.3 Å². The van der Waals surface area contributed by atoms with E-state index in [2.05, 4.69) is 51.7 Å². The molecule has 1 fully saturated rings. The van der Waals surface area contributed by atoms with Gasteiger partial charge in [0.1, 0.15) is 19.0 Å². The van der Waals surface area contributed by atoms with E-state index in [1.165, 1.54) is 5.56 Å². The van der Waals surface area contributed by atoms with Gasteiger partial charge in [-0.3, -0.25) is 4.79 Å². The Labute approximate surface area is 210 Å². The molecule has 9 heteroatoms. The number of nitrogens with one attached hydrogen (secondary N) is 2. The quantitative estimate of drug-likeness (QED) is 0.517. The van der Waals surface area contributed by atoms with E-state index in [1.807, 2.05) is 18.2 Å². The van der Waals surface area contributed by atoms with Gasteiger partial charge in [-0.2, -0.15) is 4.98 Å². The van der Waals surface area contributed by atoms with E-state index in [9.17, 15) is 4.79 Å². The fraction of sp³-hybridized carbons (Fsp3) is 0.370. The van der Waals surface area contributed by atoms with Crippen LogP contribution in [0.25, 0.3) is 0 Å². The first kappa shape index (κ1) is 23.7. The summed E-state index contributed by atoms with van der Waals surface area (Å²) in [4.78, 5) is 24.1. The molecular weight excluding hydrogens is 458 g/mol. The second-order valence-corrected chi connectivity index (χ2v) is 9.05. The molecule has 9 nitrogen and oxygen atoms in total. The Kier molecular flexibility index (Phi) is 7.06. The number of hydrogen-bond donors (Lipinski definition) is 2. The molecule has 0 aliphatic carbocycles. The number of aryl methyl sites for hydroxylation is 1. The molecule has 1 amide bonds. The third-order valence-corrected chi connectivity index (χ3v) is 6.43. The summed E-state index contributed by atoms with van der Waals surface area (Å²) in [6.07, 6.45) is 3.51. The summed E-state index contributed by atoms with van der Waals surface area (Å²) in [6.45, 7) is 5.03. The van der Waals surface area contributed by atoms with Crippen molar-refractivity contribution in [2.24, 2.45) is 5.92 Å². The van der Waals surface area contributed by atoms with Gasteiger partial charge in [0.05, 0.1) is 13.0 Å². The second-order valence-electron chi connectivity index (χ2n) is 9.05. The number of rotatable bonds is 7. The van der Waals surface area contributed by atoms with Crippen LogP contribution in [0.15, 0.2) is 48.7 Å². The molecule has 5 rings (SSSR count). The Bertz CT molecular complexity index is 1200. The Morgan fingerprint density at radius 1 is 1.17 bits per heavy atom. The van der Waals surface area contributed by atoms with Gasteiger partial charge in [0.15, 0.2) is 11.5 Å². The Morgan fingerprint density at radius 3 is 2.83 bits per heavy atom. The number of carbonyl (C=O) groups excluding carboxylic acids is 1. The molecule has 0 spiro atoms. The molecule has 2 aliphatic rings. The molecule has 1 atom stereocenters. The zero-order chi connectivity index (χ0) is 24.9. The normalized spacial score (nSPS) is 16.8. The van der Waals surface area contributed by atoms with E-state index in [-0.39, 0.29) is 11.8 Å². The molecule has 1 saturated heterocycles. The Hall–Kier alpha value is -4.01. The lowest BCUT2D eigenvalue weighted by Crippen LogP contribution is -2.43. The number of amides is 1. The number of nitrogens with zero attached hydrogens (tertiary/aromatic N) is 3. The molecule has 2 N–H and O–H groups in total. The van der Waals surface area contributed by atoms with Crippen LogP contribution in [-0.2, 0) is 11.3 Å². The summed E-state index contributed by atoms with van der Waals surface area (Å²) in [5, 5.41) is 6.34. The van der Waals surface area contributed by atoms with Crippen molar-refractivity contribution in [1.29, 1.82) is 0 Å². The number of aromatic nitrogens is 2. The van der Waals surface area contributed by atoms with Gasteiger partial charge < -0.3 is 29.7 Å². The molecule has 3 heterocycles. The highest BCUT2D eigenvalue weighted by Gasteiger charge is 2.27. The zero-order valence-electron chi connectivity index (χ0n) is 20.6. The predicted molar refractivity (Wildman–Crippen MR) is 137 cm³/mol. The van der Waals surface area contributed by atoms with Crippen LogP contribution in [-0.4, -0.2) is 49.3 Å². The van der Waals surface area contributed by atoms with Crippen LogP contribution in [0.4, 0.5) is 17.5 Å². The summed E-state index contributed by atoms with van der Waals surface area (Å²) in [5.74, 6) is 3.04. The van der Waals surface area contributed by atoms with Crippen LogP contribution in [0, 0.1) is 12.8 Å². The van der Waals surface area contributed by atoms with Crippen molar-refractivity contribution < 1.29 is 19.0 Å². The first-order valence-corrected chi connectivity index (χ1v) is 12.2. The maximum absolute atomic E-state index is 12.9. The number of anilines is 3. The van der Waals surface area contributed by atoms with E-state index >= 15 is 0 Å². The van der Waals surface area contributed by atoms with Gasteiger partial charge in [-0.05, 0) is 31.4 Å². The number of hydrogen-bond acceptors (Lipinski definition) is 8. The molecule has 0 bridgehead atoms. The first-order chi connectivity index (χ1) is 17.6. The van der Waals surface area contributed by atoms with Gasteiger partial charge in [-0.1, -0.05) is 29.8 Å². The lowest BCUT2D eigenvalue weighted by Gasteiger charge is -2.33. The van der Waals surface area contributed by atoms with E-state index in [0.717, 1.165) is 36.5 Å². The maximum atomic E-state index is 12.9. The molecule has 0 unspecified atom stereocenters. The highest BCUT2D eigenvalue weighted by molar-refractivity contribution is 5.79. The molecular formula is C27H31N5O4. The van der Waals surface area contributed by atoms with E-state index in [0.29, 0.717) is 49.5 Å². The van der Waals surface area contributed by atoms with Crippen LogP contribution < -0.4 is 29.7 Å². The van der Waals surface area contributed by atoms with Gasteiger partial charge in [-0.25, -0.2) is 4.98 Å². The number of piperidine rings is 1. The number of fused-ring (bicyclic) bond motifs is 1. The lowest BCUT2D eigenvalue weighted by molar-refractivity contribution is -0.125. The average Bonchev–Trinajstić information content (AvgIpc) is 2.92. The fourth-order valence-corrected chi connectivity index (χ4v) is 4.50. The molecule has 2 aromatic carbocycles. The van der Waals surface area contributed by atoms with Crippen LogP contribution in [0.5, 0.6) is 17.2 Å². The number of carbonyl (C=O) groups is 1. The number of benzene rings is 2. The van der Waals surface area contributed by atoms with Crippen molar-refractivity contribution >= 4 is 23.4 Å². The van der Waals surface area contributed by atoms with Crippen LogP contribution >= 0.6 is 0 Å². The highest BCUT2D eigenvalue weighted by Crippen LogP contribution is 2.42. The second kappa shape index (κ2) is 10.7. The maximum Gasteiger partial charge on any atom is 0.229 e. The Balaban J connectivity index is 1.24. The smallest absolute Gasteiger partial charge is 0.229 e. The summed E-state index contributed by atoms with van der Waals surface area (Å²) in [7, 11) is 1.60. The standard InChI is InChI=1S/C27H31N5O4/c1-18-5-7-19(8-6-18)16-29-26(33)20-4-3-11-32(17-20)24-9-10-28-27(31-24)30-21-14-22(34-2)25-23(15-21)35-12-13-36-25/h5-10,14-15,20H,3-4,11-13,16-17H2,1-2H3,(H,29,33)(H,28,30,31)/t20-/m0/s1. The monoisotopic (exact) mass is 489 g/mol. The third kappa shape index (κ3) is 5.45. The minimum absolute atomic E-state index is 0.0797. The van der Waals surface area contributed by atoms with Gasteiger partial charge in [0.25, 0.3) is 0 Å². The highest BCUT2D eigenvalue weighted by atomic mass is 16.6. The van der Waals surface area contributed by atoms with Crippen LogP contribution in [0.1, 0.15) is 24.0 Å². The summed E-state index contributed by atoms with van der Waals surface area (Å²) in [5.41, 5.74) is 3.05. The lowest BCUT2D eigenvalue weighted by atomic mass is 9.97. The molecule has 2 aliphatic heterocycles. The van der Waals surface area contributed by atoms with Crippen molar-refractivity contribution in [1.82, 2.24) is 15.3 Å². The van der Waals surface area contributed by atoms with Gasteiger partial charge >= 0.3 is 0 Å².